The molecule has 0 radical (unpaired) electrons. The van der Waals surface area contributed by atoms with Crippen LogP contribution in [0.2, 0.25) is 0 Å². The molecule has 0 saturated carbocycles. The van der Waals surface area contributed by atoms with Crippen LogP contribution in [-0.4, -0.2) is 24.0 Å². The summed E-state index contributed by atoms with van der Waals surface area (Å²) in [5, 5.41) is 3.55. The number of ketones is 1. The first-order valence-electron chi connectivity index (χ1n) is 4.34. The number of methoxy groups -OCH3 is 1. The van der Waals surface area contributed by atoms with Crippen molar-refractivity contribution in [2.45, 2.75) is 19.3 Å². The molecule has 0 unspecified atom stereocenters. The summed E-state index contributed by atoms with van der Waals surface area (Å²) in [7, 11) is 1.27. The molecule has 2 rings (SSSR count). The van der Waals surface area contributed by atoms with Crippen molar-refractivity contribution in [2.75, 3.05) is 7.11 Å². The number of nitrogens with zero attached hydrogens (tertiary/aromatic N) is 1. The lowest BCUT2D eigenvalue weighted by atomic mass is 9.95. The van der Waals surface area contributed by atoms with E-state index in [-0.39, 0.29) is 17.2 Å². The maximum Gasteiger partial charge on any atom is 0.360 e. The Morgan fingerprint density at radius 1 is 1.50 bits per heavy atom. The van der Waals surface area contributed by atoms with Crippen molar-refractivity contribution in [3.63, 3.8) is 0 Å². The zero-order valence-electron chi connectivity index (χ0n) is 7.70. The highest BCUT2D eigenvalue weighted by Gasteiger charge is 2.29. The van der Waals surface area contributed by atoms with Crippen LogP contribution in [0.1, 0.15) is 39.4 Å². The van der Waals surface area contributed by atoms with E-state index in [1.54, 1.807) is 0 Å². The lowest BCUT2D eigenvalue weighted by molar-refractivity contribution is 0.0587. The monoisotopic (exact) mass is 195 g/mol. The van der Waals surface area contributed by atoms with Crippen LogP contribution in [0, 0.1) is 0 Å². The number of rotatable bonds is 1. The number of fused-ring (bicyclic) bond motifs is 1. The fourth-order valence-electron chi connectivity index (χ4n) is 1.56. The lowest BCUT2D eigenvalue weighted by Crippen LogP contribution is -2.12. The number of hydrogen-bond donors (Lipinski definition) is 0. The number of hydrogen-bond acceptors (Lipinski definition) is 5. The van der Waals surface area contributed by atoms with Crippen LogP contribution in [0.4, 0.5) is 0 Å². The van der Waals surface area contributed by atoms with Gasteiger partial charge in [0.2, 0.25) is 11.5 Å². The Hall–Kier alpha value is -1.65. The van der Waals surface area contributed by atoms with Crippen molar-refractivity contribution in [1.29, 1.82) is 0 Å². The van der Waals surface area contributed by atoms with E-state index in [2.05, 4.69) is 9.89 Å². The second-order valence-corrected chi connectivity index (χ2v) is 3.11. The first-order valence-corrected chi connectivity index (χ1v) is 4.34. The standard InChI is InChI=1S/C9H9NO4/c1-13-9(12)7-5-3-2-4-6(11)8(5)14-10-7/h2-4H2,1H3. The molecule has 1 aromatic heterocycles. The predicted octanol–water partition coefficient (Wildman–Crippen LogP) is 0.980. The molecule has 14 heavy (non-hydrogen) atoms. The van der Waals surface area contributed by atoms with Crippen LogP contribution in [0.3, 0.4) is 0 Å². The highest BCUT2D eigenvalue weighted by Crippen LogP contribution is 2.24. The van der Waals surface area contributed by atoms with Gasteiger partial charge in [0.05, 0.1) is 7.11 Å². The van der Waals surface area contributed by atoms with Gasteiger partial charge in [-0.2, -0.15) is 0 Å². The first-order chi connectivity index (χ1) is 6.74. The van der Waals surface area contributed by atoms with Crippen LogP contribution in [0.15, 0.2) is 4.52 Å². The molecule has 5 heteroatoms. The van der Waals surface area contributed by atoms with Gasteiger partial charge in [0.15, 0.2) is 5.69 Å². The number of ether oxygens (including phenoxy) is 1. The molecule has 5 nitrogen and oxygen atoms in total. The van der Waals surface area contributed by atoms with E-state index < -0.39 is 5.97 Å². The molecule has 1 aliphatic rings. The van der Waals surface area contributed by atoms with Gasteiger partial charge in [0.1, 0.15) is 0 Å². The number of carbonyl (C=O) groups excluding carboxylic acids is 2. The van der Waals surface area contributed by atoms with Gasteiger partial charge in [0.25, 0.3) is 0 Å². The van der Waals surface area contributed by atoms with Crippen LogP contribution >= 0.6 is 0 Å². The van der Waals surface area contributed by atoms with Crippen molar-refractivity contribution in [3.8, 4) is 0 Å². The van der Waals surface area contributed by atoms with E-state index in [0.29, 0.717) is 18.4 Å². The highest BCUT2D eigenvalue weighted by molar-refractivity contribution is 5.99. The molecule has 1 aromatic rings. The zero-order valence-corrected chi connectivity index (χ0v) is 7.70. The minimum absolute atomic E-state index is 0.0890. The molecule has 1 heterocycles. The van der Waals surface area contributed by atoms with Gasteiger partial charge >= 0.3 is 5.97 Å². The van der Waals surface area contributed by atoms with E-state index in [4.69, 9.17) is 4.52 Å². The molecular weight excluding hydrogens is 186 g/mol. The quantitative estimate of drug-likeness (QED) is 0.624. The zero-order chi connectivity index (χ0) is 10.1. The summed E-state index contributed by atoms with van der Waals surface area (Å²) < 4.78 is 9.35. The van der Waals surface area contributed by atoms with Crippen molar-refractivity contribution < 1.29 is 18.8 Å². The Balaban J connectivity index is 2.45. The van der Waals surface area contributed by atoms with Crippen molar-refractivity contribution in [2.24, 2.45) is 0 Å². The minimum atomic E-state index is -0.551. The van der Waals surface area contributed by atoms with Gasteiger partial charge in [-0.15, -0.1) is 0 Å². The van der Waals surface area contributed by atoms with Crippen LogP contribution in [0.5, 0.6) is 0 Å². The van der Waals surface area contributed by atoms with Crippen LogP contribution in [-0.2, 0) is 11.2 Å². The summed E-state index contributed by atoms with van der Waals surface area (Å²) in [5.41, 5.74) is 0.726. The molecule has 0 spiro atoms. The van der Waals surface area contributed by atoms with Gasteiger partial charge < -0.3 is 9.26 Å². The second-order valence-electron chi connectivity index (χ2n) is 3.11. The van der Waals surface area contributed by atoms with Crippen LogP contribution < -0.4 is 0 Å². The third-order valence-corrected chi connectivity index (χ3v) is 2.25. The third kappa shape index (κ3) is 1.21. The van der Waals surface area contributed by atoms with Crippen molar-refractivity contribution in [1.82, 2.24) is 5.16 Å². The third-order valence-electron chi connectivity index (χ3n) is 2.25. The average Bonchev–Trinajstić information content (AvgIpc) is 2.62. The number of Topliss-reactive ketones (excluding diaryl/α,β-unsaturated/α-hetero) is 1. The van der Waals surface area contributed by atoms with Gasteiger partial charge in [-0.1, -0.05) is 5.16 Å². The Bertz CT molecular complexity index is 394. The predicted molar refractivity (Wildman–Crippen MR) is 45.1 cm³/mol. The van der Waals surface area contributed by atoms with Gasteiger partial charge in [-0.3, -0.25) is 4.79 Å². The topological polar surface area (TPSA) is 69.4 Å². The molecule has 0 aliphatic heterocycles. The largest absolute Gasteiger partial charge is 0.464 e. The molecular formula is C9H9NO4. The summed E-state index contributed by atoms with van der Waals surface area (Å²) in [6, 6.07) is 0. The molecule has 1 aliphatic carbocycles. The fraction of sp³-hybridized carbons (Fsp3) is 0.444. The number of carbonyl (C=O) groups is 2. The molecule has 0 bridgehead atoms. The van der Waals surface area contributed by atoms with E-state index >= 15 is 0 Å². The summed E-state index contributed by atoms with van der Waals surface area (Å²) in [5.74, 6) is -0.421. The number of esters is 1. The Morgan fingerprint density at radius 2 is 2.29 bits per heavy atom. The Labute approximate surface area is 80.0 Å². The summed E-state index contributed by atoms with van der Waals surface area (Å²) in [6.07, 6.45) is 1.84. The molecule has 0 aromatic carbocycles. The molecule has 74 valence electrons. The molecule has 0 amide bonds. The average molecular weight is 195 g/mol. The molecule has 0 fully saturated rings. The minimum Gasteiger partial charge on any atom is -0.464 e. The van der Waals surface area contributed by atoms with Gasteiger partial charge in [-0.25, -0.2) is 4.79 Å². The molecule has 0 N–H and O–H groups in total. The van der Waals surface area contributed by atoms with Crippen molar-refractivity contribution >= 4 is 11.8 Å². The first kappa shape index (κ1) is 8.93. The smallest absolute Gasteiger partial charge is 0.360 e. The SMILES string of the molecule is COC(=O)c1noc2c1CCCC2=O. The van der Waals surface area contributed by atoms with Gasteiger partial charge in [0, 0.05) is 12.0 Å². The summed E-state index contributed by atoms with van der Waals surface area (Å²) in [4.78, 5) is 22.5. The van der Waals surface area contributed by atoms with E-state index in [1.807, 2.05) is 0 Å². The van der Waals surface area contributed by atoms with Gasteiger partial charge in [-0.05, 0) is 12.8 Å². The lowest BCUT2D eigenvalue weighted by Gasteiger charge is -2.06. The van der Waals surface area contributed by atoms with E-state index in [0.717, 1.165) is 6.42 Å². The Kier molecular flexibility index (Phi) is 2.07. The maximum absolute atomic E-state index is 11.3. The van der Waals surface area contributed by atoms with Crippen molar-refractivity contribution in [3.05, 3.63) is 17.0 Å². The van der Waals surface area contributed by atoms with E-state index in [1.165, 1.54) is 7.11 Å². The van der Waals surface area contributed by atoms with E-state index in [9.17, 15) is 9.59 Å². The summed E-state index contributed by atoms with van der Waals surface area (Å²) >= 11 is 0. The normalized spacial score (nSPS) is 15.1. The molecule has 0 atom stereocenters. The van der Waals surface area contributed by atoms with Crippen LogP contribution in [0.25, 0.3) is 0 Å². The fourth-order valence-corrected chi connectivity index (χ4v) is 1.56. The summed E-state index contributed by atoms with van der Waals surface area (Å²) in [6.45, 7) is 0. The maximum atomic E-state index is 11.3. The second kappa shape index (κ2) is 3.25. The molecule has 0 saturated heterocycles. The highest BCUT2D eigenvalue weighted by atomic mass is 16.5. The number of aromatic nitrogens is 1. The Morgan fingerprint density at radius 3 is 3.00 bits per heavy atom.